The van der Waals surface area contributed by atoms with E-state index in [-0.39, 0.29) is 5.56 Å². The molecule has 0 aromatic carbocycles. The number of hydrogen-bond acceptors (Lipinski definition) is 6. The number of nitrogens with one attached hydrogen (secondary N) is 2. The average Bonchev–Trinajstić information content (AvgIpc) is 2.49. The molecule has 2 aromatic rings. The van der Waals surface area contributed by atoms with Crippen molar-refractivity contribution < 1.29 is 0 Å². The Hall–Kier alpha value is -2.15. The van der Waals surface area contributed by atoms with E-state index in [1.165, 1.54) is 12.4 Å². The van der Waals surface area contributed by atoms with Crippen molar-refractivity contribution in [1.29, 1.82) is 0 Å². The Morgan fingerprint density at radius 3 is 2.86 bits per heavy atom. The molecule has 8 heteroatoms. The Morgan fingerprint density at radius 2 is 2.18 bits per heavy atom. The van der Waals surface area contributed by atoms with E-state index in [0.717, 1.165) is 31.6 Å². The summed E-state index contributed by atoms with van der Waals surface area (Å²) < 4.78 is 0. The van der Waals surface area contributed by atoms with Gasteiger partial charge in [0.1, 0.15) is 17.2 Å². The minimum Gasteiger partial charge on any atom is -0.366 e. The summed E-state index contributed by atoms with van der Waals surface area (Å²) in [6, 6.07) is 1.79. The Balaban J connectivity index is 1.63. The van der Waals surface area contributed by atoms with Gasteiger partial charge in [0.2, 0.25) is 5.95 Å². The van der Waals surface area contributed by atoms with Crippen LogP contribution in [0.1, 0.15) is 18.5 Å². The van der Waals surface area contributed by atoms with Crippen LogP contribution in [0.5, 0.6) is 0 Å². The highest BCUT2D eigenvalue weighted by atomic mass is 35.5. The van der Waals surface area contributed by atoms with Crippen LogP contribution >= 0.6 is 11.6 Å². The molecule has 0 atom stereocenters. The van der Waals surface area contributed by atoms with E-state index in [0.29, 0.717) is 22.8 Å². The summed E-state index contributed by atoms with van der Waals surface area (Å²) in [6.07, 6.45) is 4.88. The standard InChI is InChI=1S/C14H17ClN6O/c1-9-6-12(22)20-14(18-9)21-4-2-10(3-5-21)19-13-11(15)7-16-8-17-13/h6-8,10H,2-5H2,1H3,(H,16,17,19)(H,18,20,22). The number of aryl methyl sites for hydroxylation is 1. The fourth-order valence-corrected chi connectivity index (χ4v) is 2.72. The van der Waals surface area contributed by atoms with Gasteiger partial charge in [-0.1, -0.05) is 11.6 Å². The van der Waals surface area contributed by atoms with Gasteiger partial charge in [0.05, 0.1) is 6.20 Å². The van der Waals surface area contributed by atoms with Crippen molar-refractivity contribution >= 4 is 23.4 Å². The molecule has 22 heavy (non-hydrogen) atoms. The number of halogens is 1. The molecule has 1 aliphatic heterocycles. The third-order valence-electron chi connectivity index (χ3n) is 3.66. The van der Waals surface area contributed by atoms with Crippen LogP contribution in [0.3, 0.4) is 0 Å². The molecule has 3 heterocycles. The molecule has 0 radical (unpaired) electrons. The Morgan fingerprint density at radius 1 is 1.41 bits per heavy atom. The van der Waals surface area contributed by atoms with E-state index in [9.17, 15) is 4.79 Å². The molecule has 0 spiro atoms. The Kier molecular flexibility index (Phi) is 4.24. The molecule has 1 aliphatic rings. The second-order valence-electron chi connectivity index (χ2n) is 5.34. The summed E-state index contributed by atoms with van der Waals surface area (Å²) in [4.78, 5) is 28.8. The van der Waals surface area contributed by atoms with Crippen LogP contribution in [0.25, 0.3) is 0 Å². The SMILES string of the molecule is Cc1cc(=O)[nH]c(N2CCC(Nc3ncncc3Cl)CC2)n1. The van der Waals surface area contributed by atoms with E-state index in [1.54, 1.807) is 6.20 Å². The number of rotatable bonds is 3. The van der Waals surface area contributed by atoms with Crippen LogP contribution in [-0.2, 0) is 0 Å². The van der Waals surface area contributed by atoms with E-state index < -0.39 is 0 Å². The van der Waals surface area contributed by atoms with Crippen LogP contribution in [0, 0.1) is 6.92 Å². The van der Waals surface area contributed by atoms with Gasteiger partial charge in [-0.15, -0.1) is 0 Å². The van der Waals surface area contributed by atoms with Crippen molar-refractivity contribution in [2.24, 2.45) is 0 Å². The molecule has 1 saturated heterocycles. The fraction of sp³-hybridized carbons (Fsp3) is 0.429. The molecule has 0 unspecified atom stereocenters. The normalized spacial score (nSPS) is 15.8. The molecular weight excluding hydrogens is 304 g/mol. The molecule has 2 aromatic heterocycles. The number of anilines is 2. The monoisotopic (exact) mass is 320 g/mol. The third kappa shape index (κ3) is 3.36. The number of hydrogen-bond donors (Lipinski definition) is 2. The van der Waals surface area contributed by atoms with E-state index in [4.69, 9.17) is 11.6 Å². The van der Waals surface area contributed by atoms with Gasteiger partial charge in [0, 0.05) is 30.9 Å². The maximum Gasteiger partial charge on any atom is 0.252 e. The van der Waals surface area contributed by atoms with Crippen LogP contribution in [0.4, 0.5) is 11.8 Å². The Bertz CT molecular complexity index is 710. The number of aromatic nitrogens is 4. The average molecular weight is 321 g/mol. The van der Waals surface area contributed by atoms with Gasteiger partial charge >= 0.3 is 0 Å². The summed E-state index contributed by atoms with van der Waals surface area (Å²) in [5, 5.41) is 3.86. The molecule has 3 rings (SSSR count). The van der Waals surface area contributed by atoms with Gasteiger partial charge in [-0.3, -0.25) is 9.78 Å². The molecule has 116 valence electrons. The third-order valence-corrected chi connectivity index (χ3v) is 3.94. The van der Waals surface area contributed by atoms with E-state index in [2.05, 4.69) is 30.2 Å². The molecule has 0 amide bonds. The zero-order valence-corrected chi connectivity index (χ0v) is 13.0. The number of H-pyrrole nitrogens is 1. The first-order chi connectivity index (χ1) is 10.6. The summed E-state index contributed by atoms with van der Waals surface area (Å²) in [5.74, 6) is 1.31. The minimum atomic E-state index is -0.115. The largest absolute Gasteiger partial charge is 0.366 e. The summed E-state index contributed by atoms with van der Waals surface area (Å²) >= 11 is 6.06. The quantitative estimate of drug-likeness (QED) is 0.893. The van der Waals surface area contributed by atoms with Gasteiger partial charge in [0.15, 0.2) is 0 Å². The predicted molar refractivity (Wildman–Crippen MR) is 85.5 cm³/mol. The lowest BCUT2D eigenvalue weighted by atomic mass is 10.1. The molecule has 0 aliphatic carbocycles. The van der Waals surface area contributed by atoms with Crippen LogP contribution in [0.15, 0.2) is 23.4 Å². The van der Waals surface area contributed by atoms with Crippen LogP contribution in [0.2, 0.25) is 5.02 Å². The highest BCUT2D eigenvalue weighted by molar-refractivity contribution is 6.32. The molecule has 7 nitrogen and oxygen atoms in total. The number of piperidine rings is 1. The zero-order valence-electron chi connectivity index (χ0n) is 12.2. The van der Waals surface area contributed by atoms with Gasteiger partial charge < -0.3 is 10.2 Å². The first-order valence-electron chi connectivity index (χ1n) is 7.17. The minimum absolute atomic E-state index is 0.115. The number of aromatic amines is 1. The van der Waals surface area contributed by atoms with Crippen molar-refractivity contribution in [2.75, 3.05) is 23.3 Å². The van der Waals surface area contributed by atoms with E-state index in [1.807, 2.05) is 6.92 Å². The van der Waals surface area contributed by atoms with Gasteiger partial charge in [-0.05, 0) is 19.8 Å². The molecule has 0 bridgehead atoms. The molecular formula is C14H17ClN6O. The molecule has 0 saturated carbocycles. The summed E-state index contributed by atoms with van der Waals surface area (Å²) in [5.41, 5.74) is 0.613. The maximum atomic E-state index is 11.5. The lowest BCUT2D eigenvalue weighted by Crippen LogP contribution is -2.40. The van der Waals surface area contributed by atoms with Gasteiger partial charge in [-0.25, -0.2) is 15.0 Å². The fourth-order valence-electron chi connectivity index (χ4n) is 2.56. The lowest BCUT2D eigenvalue weighted by molar-refractivity contribution is 0.518. The second kappa shape index (κ2) is 6.31. The lowest BCUT2D eigenvalue weighted by Gasteiger charge is -2.33. The van der Waals surface area contributed by atoms with Crippen molar-refractivity contribution in [1.82, 2.24) is 19.9 Å². The topological polar surface area (TPSA) is 86.8 Å². The maximum absolute atomic E-state index is 11.5. The zero-order chi connectivity index (χ0) is 15.5. The second-order valence-corrected chi connectivity index (χ2v) is 5.74. The summed E-state index contributed by atoms with van der Waals surface area (Å²) in [6.45, 7) is 3.45. The first-order valence-corrected chi connectivity index (χ1v) is 7.54. The van der Waals surface area contributed by atoms with Gasteiger partial charge in [-0.2, -0.15) is 0 Å². The Labute approximate surface area is 132 Å². The highest BCUT2D eigenvalue weighted by Gasteiger charge is 2.21. The van der Waals surface area contributed by atoms with Crippen molar-refractivity contribution in [2.45, 2.75) is 25.8 Å². The van der Waals surface area contributed by atoms with E-state index >= 15 is 0 Å². The van der Waals surface area contributed by atoms with Gasteiger partial charge in [0.25, 0.3) is 5.56 Å². The predicted octanol–water partition coefficient (Wildman–Crippen LogP) is 1.60. The smallest absolute Gasteiger partial charge is 0.252 e. The van der Waals surface area contributed by atoms with Crippen molar-refractivity contribution in [3.8, 4) is 0 Å². The first kappa shape index (κ1) is 14.8. The molecule has 2 N–H and O–H groups in total. The summed E-state index contributed by atoms with van der Waals surface area (Å²) in [7, 11) is 0. The number of nitrogens with zero attached hydrogens (tertiary/aromatic N) is 4. The van der Waals surface area contributed by atoms with Crippen molar-refractivity contribution in [3.05, 3.63) is 39.7 Å². The highest BCUT2D eigenvalue weighted by Crippen LogP contribution is 2.22. The van der Waals surface area contributed by atoms with Crippen molar-refractivity contribution in [3.63, 3.8) is 0 Å². The van der Waals surface area contributed by atoms with Crippen LogP contribution < -0.4 is 15.8 Å². The van der Waals surface area contributed by atoms with Crippen LogP contribution in [-0.4, -0.2) is 39.1 Å². The molecule has 1 fully saturated rings.